The maximum atomic E-state index is 12.3. The Morgan fingerprint density at radius 3 is 2.28 bits per heavy atom. The van der Waals surface area contributed by atoms with E-state index in [0.717, 1.165) is 10.0 Å². The number of benzene rings is 2. The summed E-state index contributed by atoms with van der Waals surface area (Å²) < 4.78 is 0.926. The van der Waals surface area contributed by atoms with Crippen molar-refractivity contribution in [1.29, 1.82) is 0 Å². The van der Waals surface area contributed by atoms with E-state index < -0.39 is 12.1 Å². The molecule has 0 bridgehead atoms. The second-order valence-corrected chi connectivity index (χ2v) is 6.85. The molecule has 0 aliphatic rings. The first-order valence-corrected chi connectivity index (χ1v) is 8.88. The number of hydrogen-bond donors (Lipinski definition) is 3. The standard InChI is InChI=1S/C19H22BrN3O2/c1-13(14-5-3-2-4-6-14)12-22-18(24)11-17(23-19(21)25)15-7-9-16(20)10-8-15/h2-10,13,17H,11-12H2,1H3,(H,22,24)(H3,21,23,25)/t13-,17-/m1/s1. The Hall–Kier alpha value is -2.34. The lowest BCUT2D eigenvalue weighted by atomic mass is 10.0. The number of rotatable bonds is 7. The molecule has 2 atom stereocenters. The van der Waals surface area contributed by atoms with E-state index in [4.69, 9.17) is 5.73 Å². The number of carbonyl (C=O) groups excluding carboxylic acids is 2. The molecule has 0 spiro atoms. The van der Waals surface area contributed by atoms with E-state index >= 15 is 0 Å². The molecule has 0 aliphatic carbocycles. The van der Waals surface area contributed by atoms with Gasteiger partial charge in [0.2, 0.25) is 5.91 Å². The molecule has 6 heteroatoms. The van der Waals surface area contributed by atoms with Crippen LogP contribution in [0.2, 0.25) is 0 Å². The number of nitrogens with one attached hydrogen (secondary N) is 2. The molecule has 0 aromatic heterocycles. The smallest absolute Gasteiger partial charge is 0.312 e. The minimum absolute atomic E-state index is 0.131. The molecule has 0 saturated heterocycles. The van der Waals surface area contributed by atoms with Gasteiger partial charge in [-0.2, -0.15) is 0 Å². The predicted octanol–water partition coefficient (Wildman–Crippen LogP) is 3.47. The molecule has 5 nitrogen and oxygen atoms in total. The van der Waals surface area contributed by atoms with Crippen LogP contribution in [0, 0.1) is 0 Å². The average Bonchev–Trinajstić information content (AvgIpc) is 2.60. The SMILES string of the molecule is C[C@H](CNC(=O)C[C@@H](NC(N)=O)c1ccc(Br)cc1)c1ccccc1. The van der Waals surface area contributed by atoms with Gasteiger partial charge in [-0.05, 0) is 29.2 Å². The lowest BCUT2D eigenvalue weighted by Crippen LogP contribution is -2.37. The molecule has 2 rings (SSSR count). The van der Waals surface area contributed by atoms with Gasteiger partial charge in [-0.3, -0.25) is 4.79 Å². The van der Waals surface area contributed by atoms with Crippen LogP contribution in [0.1, 0.15) is 36.4 Å². The molecule has 3 amide bonds. The molecule has 132 valence electrons. The molecule has 0 radical (unpaired) electrons. The van der Waals surface area contributed by atoms with Gasteiger partial charge in [0, 0.05) is 11.0 Å². The molecule has 4 N–H and O–H groups in total. The Morgan fingerprint density at radius 1 is 1.04 bits per heavy atom. The predicted molar refractivity (Wildman–Crippen MR) is 102 cm³/mol. The van der Waals surface area contributed by atoms with Crippen molar-refractivity contribution >= 4 is 27.9 Å². The summed E-state index contributed by atoms with van der Waals surface area (Å²) in [5, 5.41) is 5.55. The molecule has 0 unspecified atom stereocenters. The Labute approximate surface area is 156 Å². The van der Waals surface area contributed by atoms with Gasteiger partial charge >= 0.3 is 6.03 Å². The molecule has 2 aromatic carbocycles. The van der Waals surface area contributed by atoms with Crippen molar-refractivity contribution in [2.75, 3.05) is 6.54 Å². The van der Waals surface area contributed by atoms with Gasteiger partial charge in [0.1, 0.15) is 0 Å². The summed E-state index contributed by atoms with van der Waals surface area (Å²) >= 11 is 3.37. The topological polar surface area (TPSA) is 84.2 Å². The number of carbonyl (C=O) groups is 2. The third kappa shape index (κ3) is 6.23. The molecular formula is C19H22BrN3O2. The van der Waals surface area contributed by atoms with Gasteiger partial charge in [0.15, 0.2) is 0 Å². The first kappa shape index (κ1) is 19.0. The van der Waals surface area contributed by atoms with Gasteiger partial charge in [-0.15, -0.1) is 0 Å². The fourth-order valence-corrected chi connectivity index (χ4v) is 2.81. The Balaban J connectivity index is 1.94. The second-order valence-electron chi connectivity index (χ2n) is 5.93. The highest BCUT2D eigenvalue weighted by molar-refractivity contribution is 9.10. The van der Waals surface area contributed by atoms with E-state index in [1.165, 1.54) is 5.56 Å². The quantitative estimate of drug-likeness (QED) is 0.660. The van der Waals surface area contributed by atoms with Crippen molar-refractivity contribution in [3.63, 3.8) is 0 Å². The van der Waals surface area contributed by atoms with Crippen molar-refractivity contribution in [2.24, 2.45) is 5.73 Å². The van der Waals surface area contributed by atoms with Gasteiger partial charge in [0.05, 0.1) is 12.5 Å². The number of urea groups is 1. The van der Waals surface area contributed by atoms with Gasteiger partial charge in [-0.1, -0.05) is 65.3 Å². The maximum Gasteiger partial charge on any atom is 0.312 e. The van der Waals surface area contributed by atoms with E-state index in [1.54, 1.807) is 0 Å². The zero-order valence-electron chi connectivity index (χ0n) is 14.0. The average molecular weight is 404 g/mol. The molecule has 0 saturated carbocycles. The first-order valence-electron chi connectivity index (χ1n) is 8.08. The monoisotopic (exact) mass is 403 g/mol. The highest BCUT2D eigenvalue weighted by Crippen LogP contribution is 2.20. The van der Waals surface area contributed by atoms with E-state index in [2.05, 4.69) is 33.5 Å². The van der Waals surface area contributed by atoms with E-state index in [0.29, 0.717) is 6.54 Å². The van der Waals surface area contributed by atoms with E-state index in [9.17, 15) is 9.59 Å². The molecule has 0 heterocycles. The minimum atomic E-state index is -0.654. The Bertz CT molecular complexity index is 704. The molecule has 25 heavy (non-hydrogen) atoms. The number of amides is 3. The van der Waals surface area contributed by atoms with E-state index in [-0.39, 0.29) is 18.2 Å². The van der Waals surface area contributed by atoms with Crippen LogP contribution in [0.3, 0.4) is 0 Å². The van der Waals surface area contributed by atoms with Crippen LogP contribution >= 0.6 is 15.9 Å². The van der Waals surface area contributed by atoms with Gasteiger partial charge < -0.3 is 16.4 Å². The van der Waals surface area contributed by atoms with Crippen LogP contribution in [-0.4, -0.2) is 18.5 Å². The number of primary amides is 1. The summed E-state index contributed by atoms with van der Waals surface area (Å²) in [5.41, 5.74) is 7.24. The third-order valence-electron chi connectivity index (χ3n) is 3.95. The van der Waals surface area contributed by atoms with Crippen LogP contribution in [0.5, 0.6) is 0 Å². The highest BCUT2D eigenvalue weighted by atomic mass is 79.9. The van der Waals surface area contributed by atoms with Crippen molar-refractivity contribution in [3.8, 4) is 0 Å². The zero-order valence-corrected chi connectivity index (χ0v) is 15.6. The highest BCUT2D eigenvalue weighted by Gasteiger charge is 2.18. The second kappa shape index (κ2) is 9.22. The van der Waals surface area contributed by atoms with Crippen molar-refractivity contribution in [1.82, 2.24) is 10.6 Å². The number of nitrogens with two attached hydrogens (primary N) is 1. The van der Waals surface area contributed by atoms with Crippen LogP contribution in [-0.2, 0) is 4.79 Å². The Kier molecular flexibility index (Phi) is 7.01. The molecule has 0 aliphatic heterocycles. The summed E-state index contributed by atoms with van der Waals surface area (Å²) in [6.07, 6.45) is 0.131. The van der Waals surface area contributed by atoms with E-state index in [1.807, 2.05) is 54.6 Å². The molecular weight excluding hydrogens is 382 g/mol. The summed E-state index contributed by atoms with van der Waals surface area (Å²) in [7, 11) is 0. The lowest BCUT2D eigenvalue weighted by Gasteiger charge is -2.19. The summed E-state index contributed by atoms with van der Waals surface area (Å²) in [4.78, 5) is 23.6. The number of hydrogen-bond acceptors (Lipinski definition) is 2. The molecule has 2 aromatic rings. The lowest BCUT2D eigenvalue weighted by molar-refractivity contribution is -0.121. The fraction of sp³-hybridized carbons (Fsp3) is 0.263. The normalized spacial score (nSPS) is 12.9. The van der Waals surface area contributed by atoms with Gasteiger partial charge in [-0.25, -0.2) is 4.79 Å². The van der Waals surface area contributed by atoms with Gasteiger partial charge in [0.25, 0.3) is 0 Å². The van der Waals surface area contributed by atoms with Crippen LogP contribution < -0.4 is 16.4 Å². The van der Waals surface area contributed by atoms with Crippen molar-refractivity contribution in [3.05, 3.63) is 70.2 Å². The first-order chi connectivity index (χ1) is 12.0. The summed E-state index contributed by atoms with van der Waals surface area (Å²) in [6, 6.07) is 16.3. The third-order valence-corrected chi connectivity index (χ3v) is 4.48. The molecule has 0 fully saturated rings. The summed E-state index contributed by atoms with van der Waals surface area (Å²) in [5.74, 6) is 0.0739. The van der Waals surface area contributed by atoms with Crippen molar-refractivity contribution < 1.29 is 9.59 Å². The maximum absolute atomic E-state index is 12.3. The van der Waals surface area contributed by atoms with Crippen LogP contribution in [0.25, 0.3) is 0 Å². The largest absolute Gasteiger partial charge is 0.355 e. The van der Waals surface area contributed by atoms with Crippen LogP contribution in [0.15, 0.2) is 59.1 Å². The summed E-state index contributed by atoms with van der Waals surface area (Å²) in [6.45, 7) is 2.59. The Morgan fingerprint density at radius 2 is 1.68 bits per heavy atom. The fourth-order valence-electron chi connectivity index (χ4n) is 2.54. The van der Waals surface area contributed by atoms with Crippen molar-refractivity contribution in [2.45, 2.75) is 25.3 Å². The number of halogens is 1. The minimum Gasteiger partial charge on any atom is -0.355 e. The zero-order chi connectivity index (χ0) is 18.2. The van der Waals surface area contributed by atoms with Crippen LogP contribution in [0.4, 0.5) is 4.79 Å².